The molecule has 0 bridgehead atoms. The first kappa shape index (κ1) is 13.6. The molecule has 1 aromatic heterocycles. The highest BCUT2D eigenvalue weighted by Crippen LogP contribution is 2.31. The molecular weight excluding hydrogens is 270 g/mol. The van der Waals surface area contributed by atoms with Gasteiger partial charge in [0.05, 0.1) is 17.2 Å². The predicted octanol–water partition coefficient (Wildman–Crippen LogP) is 1.56. The quantitative estimate of drug-likeness (QED) is 0.840. The van der Waals surface area contributed by atoms with E-state index < -0.39 is 5.92 Å². The van der Waals surface area contributed by atoms with E-state index in [-0.39, 0.29) is 11.5 Å². The summed E-state index contributed by atoms with van der Waals surface area (Å²) in [5, 5.41) is 3.82. The Morgan fingerprint density at radius 3 is 2.86 bits per heavy atom. The highest BCUT2D eigenvalue weighted by Gasteiger charge is 2.34. The van der Waals surface area contributed by atoms with Gasteiger partial charge in [0.1, 0.15) is 5.76 Å². The Morgan fingerprint density at radius 2 is 2.14 bits per heavy atom. The number of benzene rings is 1. The predicted molar refractivity (Wildman–Crippen MR) is 78.0 cm³/mol. The van der Waals surface area contributed by atoms with Crippen molar-refractivity contribution in [1.29, 1.82) is 0 Å². The van der Waals surface area contributed by atoms with E-state index in [2.05, 4.69) is 10.6 Å². The number of aromatic amines is 1. The van der Waals surface area contributed by atoms with Crippen LogP contribution in [-0.2, 0) is 11.2 Å². The monoisotopic (exact) mass is 287 g/mol. The number of rotatable bonds is 3. The standard InChI is InChI=1S/C15H17N3O3/c1-16-18(10-6-3-2-4-7-10)15(20)11-8-5-9-12-13(11)14(19)17-21-12/h2-4,6-7,11,16H,5,8-9H2,1H3,(H,17,19). The summed E-state index contributed by atoms with van der Waals surface area (Å²) in [5.74, 6) is -0.00540. The smallest absolute Gasteiger partial charge is 0.284 e. The van der Waals surface area contributed by atoms with E-state index in [0.29, 0.717) is 24.2 Å². The summed E-state index contributed by atoms with van der Waals surface area (Å²) in [4.78, 5) is 24.7. The molecule has 1 aliphatic carbocycles. The van der Waals surface area contributed by atoms with Crippen molar-refractivity contribution in [2.45, 2.75) is 25.2 Å². The average Bonchev–Trinajstić information content (AvgIpc) is 2.91. The zero-order valence-corrected chi connectivity index (χ0v) is 11.8. The van der Waals surface area contributed by atoms with Crippen LogP contribution in [0.15, 0.2) is 39.6 Å². The summed E-state index contributed by atoms with van der Waals surface area (Å²) >= 11 is 0. The second kappa shape index (κ2) is 5.57. The minimum Gasteiger partial charge on any atom is -0.383 e. The number of nitrogens with zero attached hydrogens (tertiary/aromatic N) is 1. The molecule has 6 heteroatoms. The van der Waals surface area contributed by atoms with E-state index in [0.717, 1.165) is 12.1 Å². The molecule has 3 rings (SSSR count). The summed E-state index contributed by atoms with van der Waals surface area (Å²) in [7, 11) is 1.69. The summed E-state index contributed by atoms with van der Waals surface area (Å²) < 4.78 is 5.16. The molecule has 6 nitrogen and oxygen atoms in total. The molecule has 2 N–H and O–H groups in total. The highest BCUT2D eigenvalue weighted by molar-refractivity contribution is 5.97. The minimum absolute atomic E-state index is 0.142. The van der Waals surface area contributed by atoms with Gasteiger partial charge < -0.3 is 4.52 Å². The Morgan fingerprint density at radius 1 is 1.38 bits per heavy atom. The van der Waals surface area contributed by atoms with Crippen molar-refractivity contribution >= 4 is 11.6 Å². The molecule has 0 saturated carbocycles. The molecule has 0 saturated heterocycles. The third-order valence-electron chi connectivity index (χ3n) is 3.81. The minimum atomic E-state index is -0.469. The number of H-pyrrole nitrogens is 1. The normalized spacial score (nSPS) is 17.3. The number of hydrogen-bond acceptors (Lipinski definition) is 4. The largest absolute Gasteiger partial charge is 0.383 e. The maximum atomic E-state index is 12.8. The fourth-order valence-electron chi connectivity index (χ4n) is 2.84. The number of hydrogen-bond donors (Lipinski definition) is 2. The lowest BCUT2D eigenvalue weighted by molar-refractivity contribution is -0.121. The topological polar surface area (TPSA) is 78.3 Å². The summed E-state index contributed by atoms with van der Waals surface area (Å²) in [6.45, 7) is 0. The first-order valence-electron chi connectivity index (χ1n) is 6.99. The third kappa shape index (κ3) is 2.38. The van der Waals surface area contributed by atoms with Gasteiger partial charge in [-0.1, -0.05) is 18.2 Å². The van der Waals surface area contributed by atoms with Gasteiger partial charge in [0.2, 0.25) is 5.91 Å². The maximum absolute atomic E-state index is 12.8. The number of anilines is 1. The summed E-state index contributed by atoms with van der Waals surface area (Å²) in [6, 6.07) is 9.31. The second-order valence-electron chi connectivity index (χ2n) is 5.05. The lowest BCUT2D eigenvalue weighted by atomic mass is 9.86. The van der Waals surface area contributed by atoms with Gasteiger partial charge in [-0.3, -0.25) is 9.59 Å². The number of amides is 1. The molecule has 0 radical (unpaired) electrons. The Bertz CT molecular complexity index is 690. The number of nitrogens with one attached hydrogen (secondary N) is 2. The van der Waals surface area contributed by atoms with Crippen molar-refractivity contribution in [2.75, 3.05) is 12.1 Å². The van der Waals surface area contributed by atoms with Crippen molar-refractivity contribution in [3.8, 4) is 0 Å². The van der Waals surface area contributed by atoms with Crippen LogP contribution in [0.3, 0.4) is 0 Å². The van der Waals surface area contributed by atoms with Crippen molar-refractivity contribution in [1.82, 2.24) is 10.6 Å². The van der Waals surface area contributed by atoms with Crippen LogP contribution in [0, 0.1) is 0 Å². The van der Waals surface area contributed by atoms with Gasteiger partial charge in [-0.2, -0.15) is 5.16 Å². The number of aryl methyl sites for hydroxylation is 1. The lowest BCUT2D eigenvalue weighted by Gasteiger charge is -2.27. The van der Waals surface area contributed by atoms with E-state index in [9.17, 15) is 9.59 Å². The molecule has 1 heterocycles. The van der Waals surface area contributed by atoms with Crippen molar-refractivity contribution < 1.29 is 9.32 Å². The van der Waals surface area contributed by atoms with Crippen molar-refractivity contribution in [3.63, 3.8) is 0 Å². The van der Waals surface area contributed by atoms with Crippen LogP contribution in [0.25, 0.3) is 0 Å². The van der Waals surface area contributed by atoms with E-state index in [1.165, 1.54) is 5.01 Å². The molecule has 110 valence electrons. The van der Waals surface area contributed by atoms with Crippen LogP contribution < -0.4 is 16.0 Å². The van der Waals surface area contributed by atoms with Crippen LogP contribution in [0.4, 0.5) is 5.69 Å². The number of carbonyl (C=O) groups is 1. The lowest BCUT2D eigenvalue weighted by Crippen LogP contribution is -2.44. The first-order valence-corrected chi connectivity index (χ1v) is 6.99. The van der Waals surface area contributed by atoms with Crippen molar-refractivity contribution in [2.24, 2.45) is 0 Å². The van der Waals surface area contributed by atoms with Gasteiger partial charge in [-0.25, -0.2) is 10.4 Å². The van der Waals surface area contributed by atoms with Crippen LogP contribution in [0.1, 0.15) is 30.1 Å². The van der Waals surface area contributed by atoms with E-state index in [1.54, 1.807) is 7.05 Å². The van der Waals surface area contributed by atoms with Crippen LogP contribution in [0.2, 0.25) is 0 Å². The van der Waals surface area contributed by atoms with Crippen LogP contribution in [0.5, 0.6) is 0 Å². The van der Waals surface area contributed by atoms with Crippen LogP contribution in [-0.4, -0.2) is 18.1 Å². The summed E-state index contributed by atoms with van der Waals surface area (Å²) in [6.07, 6.45) is 2.18. The number of aromatic nitrogens is 1. The van der Waals surface area contributed by atoms with E-state index in [4.69, 9.17) is 4.52 Å². The summed E-state index contributed by atoms with van der Waals surface area (Å²) in [5.41, 5.74) is 3.82. The van der Waals surface area contributed by atoms with E-state index in [1.807, 2.05) is 30.3 Å². The zero-order valence-electron chi connectivity index (χ0n) is 11.8. The van der Waals surface area contributed by atoms with Gasteiger partial charge in [0.15, 0.2) is 0 Å². The van der Waals surface area contributed by atoms with Gasteiger partial charge in [0.25, 0.3) is 5.56 Å². The molecule has 2 aromatic rings. The zero-order chi connectivity index (χ0) is 14.8. The SMILES string of the molecule is CNN(C(=O)C1CCCc2o[nH]c(=O)c21)c1ccccc1. The fraction of sp³-hybridized carbons (Fsp3) is 0.333. The number of carbonyl (C=O) groups excluding carboxylic acids is 1. The maximum Gasteiger partial charge on any atom is 0.284 e. The number of fused-ring (bicyclic) bond motifs is 1. The first-order chi connectivity index (χ1) is 10.2. The molecule has 0 spiro atoms. The Labute approximate surface area is 121 Å². The van der Waals surface area contributed by atoms with Crippen molar-refractivity contribution in [3.05, 3.63) is 52.0 Å². The molecule has 1 atom stereocenters. The van der Waals surface area contributed by atoms with E-state index >= 15 is 0 Å². The number of hydrazine groups is 1. The molecule has 1 unspecified atom stereocenters. The molecule has 1 aliphatic rings. The fourth-order valence-corrected chi connectivity index (χ4v) is 2.84. The highest BCUT2D eigenvalue weighted by atomic mass is 16.5. The van der Waals surface area contributed by atoms with Gasteiger partial charge >= 0.3 is 0 Å². The molecule has 0 aliphatic heterocycles. The molecule has 1 amide bonds. The third-order valence-corrected chi connectivity index (χ3v) is 3.81. The van der Waals surface area contributed by atoms with Crippen LogP contribution >= 0.6 is 0 Å². The van der Waals surface area contributed by atoms with Gasteiger partial charge in [0, 0.05) is 13.5 Å². The molecular formula is C15H17N3O3. The van der Waals surface area contributed by atoms with Gasteiger partial charge in [-0.05, 0) is 25.0 Å². The molecule has 21 heavy (non-hydrogen) atoms. The Hall–Kier alpha value is -2.34. The number of para-hydroxylation sites is 1. The molecule has 0 fully saturated rings. The van der Waals surface area contributed by atoms with Gasteiger partial charge in [-0.15, -0.1) is 0 Å². The average molecular weight is 287 g/mol. The second-order valence-corrected chi connectivity index (χ2v) is 5.05. The Kier molecular flexibility index (Phi) is 3.62. The Balaban J connectivity index is 1.95. The molecule has 1 aromatic carbocycles.